The number of hydrogen-bond acceptors (Lipinski definition) is 2. The van der Waals surface area contributed by atoms with Crippen molar-refractivity contribution in [3.63, 3.8) is 0 Å². The van der Waals surface area contributed by atoms with Crippen LogP contribution in [0.1, 0.15) is 39.7 Å². The fourth-order valence-corrected chi connectivity index (χ4v) is 2.81. The number of para-hydroxylation sites is 1. The first-order chi connectivity index (χ1) is 9.04. The third-order valence-electron chi connectivity index (χ3n) is 4.09. The molecule has 1 aromatic heterocycles. The number of aromatic nitrogens is 2. The molecule has 1 aliphatic carbocycles. The van der Waals surface area contributed by atoms with Gasteiger partial charge >= 0.3 is 0 Å². The molecular weight excluding hydrogens is 234 g/mol. The van der Waals surface area contributed by atoms with Gasteiger partial charge < -0.3 is 5.32 Å². The first-order valence-corrected chi connectivity index (χ1v) is 7.22. The van der Waals surface area contributed by atoms with Gasteiger partial charge in [-0.15, -0.1) is 0 Å². The van der Waals surface area contributed by atoms with E-state index in [1.54, 1.807) is 0 Å². The summed E-state index contributed by atoms with van der Waals surface area (Å²) in [7, 11) is 0. The molecule has 1 heterocycles. The van der Waals surface area contributed by atoms with Crippen LogP contribution in [0.5, 0.6) is 0 Å². The van der Waals surface area contributed by atoms with E-state index in [9.17, 15) is 0 Å². The predicted octanol–water partition coefficient (Wildman–Crippen LogP) is 3.38. The lowest BCUT2D eigenvalue weighted by Gasteiger charge is -2.39. The Morgan fingerprint density at radius 2 is 2.05 bits per heavy atom. The van der Waals surface area contributed by atoms with Gasteiger partial charge in [-0.25, -0.2) is 0 Å². The van der Waals surface area contributed by atoms with Crippen LogP contribution in [0.4, 0.5) is 0 Å². The van der Waals surface area contributed by atoms with Crippen LogP contribution in [0.2, 0.25) is 0 Å². The van der Waals surface area contributed by atoms with Crippen molar-refractivity contribution in [2.45, 2.75) is 45.2 Å². The second kappa shape index (κ2) is 4.64. The molecule has 102 valence electrons. The van der Waals surface area contributed by atoms with Gasteiger partial charge in [-0.2, -0.15) is 5.10 Å². The molecule has 2 aromatic rings. The molecule has 0 radical (unpaired) electrons. The van der Waals surface area contributed by atoms with Gasteiger partial charge in [0.05, 0.1) is 17.8 Å². The molecule has 0 bridgehead atoms. The zero-order valence-electron chi connectivity index (χ0n) is 12.1. The average Bonchev–Trinajstić information content (AvgIpc) is 2.71. The molecule has 2 unspecified atom stereocenters. The topological polar surface area (TPSA) is 29.9 Å². The van der Waals surface area contributed by atoms with Crippen molar-refractivity contribution in [1.82, 2.24) is 15.1 Å². The van der Waals surface area contributed by atoms with Crippen LogP contribution in [0, 0.1) is 5.92 Å². The van der Waals surface area contributed by atoms with Crippen molar-refractivity contribution in [2.24, 2.45) is 5.92 Å². The maximum absolute atomic E-state index is 4.60. The minimum absolute atomic E-state index is 0.201. The quantitative estimate of drug-likeness (QED) is 0.913. The molecule has 3 nitrogen and oxygen atoms in total. The molecule has 3 heteroatoms. The highest BCUT2D eigenvalue weighted by Crippen LogP contribution is 2.39. The molecule has 1 N–H and O–H groups in total. The van der Waals surface area contributed by atoms with E-state index in [4.69, 9.17) is 0 Å². The van der Waals surface area contributed by atoms with Gasteiger partial charge in [0.2, 0.25) is 0 Å². The standard InChI is InChI=1S/C16H23N3/c1-16(2,3)17-10-13-8-9-15(13)19-14-7-5-4-6-12(14)11-18-19/h4-7,11,13,15,17H,8-10H2,1-3H3. The molecule has 1 fully saturated rings. The summed E-state index contributed by atoms with van der Waals surface area (Å²) in [6.07, 6.45) is 4.55. The van der Waals surface area contributed by atoms with E-state index in [0.717, 1.165) is 6.54 Å². The lowest BCUT2D eigenvalue weighted by atomic mass is 9.79. The lowest BCUT2D eigenvalue weighted by Crippen LogP contribution is -2.44. The average molecular weight is 257 g/mol. The molecule has 2 atom stereocenters. The number of nitrogens with zero attached hydrogens (tertiary/aromatic N) is 2. The predicted molar refractivity (Wildman–Crippen MR) is 79.2 cm³/mol. The zero-order valence-corrected chi connectivity index (χ0v) is 12.1. The number of rotatable bonds is 3. The molecule has 19 heavy (non-hydrogen) atoms. The Morgan fingerprint density at radius 3 is 2.74 bits per heavy atom. The third-order valence-corrected chi connectivity index (χ3v) is 4.09. The largest absolute Gasteiger partial charge is 0.312 e. The highest BCUT2D eigenvalue weighted by molar-refractivity contribution is 5.78. The highest BCUT2D eigenvalue weighted by Gasteiger charge is 2.34. The van der Waals surface area contributed by atoms with Gasteiger partial charge in [-0.1, -0.05) is 18.2 Å². The summed E-state index contributed by atoms with van der Waals surface area (Å²) in [6, 6.07) is 9.05. The van der Waals surface area contributed by atoms with Gasteiger partial charge in [0.1, 0.15) is 0 Å². The summed E-state index contributed by atoms with van der Waals surface area (Å²) in [5.74, 6) is 0.711. The summed E-state index contributed by atoms with van der Waals surface area (Å²) >= 11 is 0. The Morgan fingerprint density at radius 1 is 1.26 bits per heavy atom. The summed E-state index contributed by atoms with van der Waals surface area (Å²) in [5.41, 5.74) is 1.47. The normalized spacial score (nSPS) is 23.5. The summed E-state index contributed by atoms with van der Waals surface area (Å²) in [5, 5.41) is 9.47. The highest BCUT2D eigenvalue weighted by atomic mass is 15.3. The van der Waals surface area contributed by atoms with Crippen LogP contribution in [0.15, 0.2) is 30.5 Å². The second-order valence-electron chi connectivity index (χ2n) is 6.68. The Kier molecular flexibility index (Phi) is 3.09. The first kappa shape index (κ1) is 12.7. The van der Waals surface area contributed by atoms with Crippen LogP contribution >= 0.6 is 0 Å². The van der Waals surface area contributed by atoms with Crippen LogP contribution in [0.25, 0.3) is 10.9 Å². The minimum Gasteiger partial charge on any atom is -0.312 e. The van der Waals surface area contributed by atoms with Crippen molar-refractivity contribution in [3.8, 4) is 0 Å². The van der Waals surface area contributed by atoms with Crippen molar-refractivity contribution >= 4 is 10.9 Å². The fraction of sp³-hybridized carbons (Fsp3) is 0.562. The van der Waals surface area contributed by atoms with E-state index < -0.39 is 0 Å². The van der Waals surface area contributed by atoms with E-state index in [0.29, 0.717) is 12.0 Å². The molecule has 1 aromatic carbocycles. The lowest BCUT2D eigenvalue weighted by molar-refractivity contribution is 0.157. The maximum Gasteiger partial charge on any atom is 0.0685 e. The Balaban J connectivity index is 1.76. The smallest absolute Gasteiger partial charge is 0.0685 e. The summed E-state index contributed by atoms with van der Waals surface area (Å²) in [4.78, 5) is 0. The van der Waals surface area contributed by atoms with Crippen LogP contribution in [-0.2, 0) is 0 Å². The summed E-state index contributed by atoms with van der Waals surface area (Å²) < 4.78 is 2.23. The van der Waals surface area contributed by atoms with Gasteiger partial charge in [0, 0.05) is 17.5 Å². The number of benzene rings is 1. The monoisotopic (exact) mass is 257 g/mol. The molecule has 1 aliphatic rings. The minimum atomic E-state index is 0.201. The molecule has 0 spiro atoms. The van der Waals surface area contributed by atoms with Crippen LogP contribution in [-0.4, -0.2) is 21.9 Å². The second-order valence-corrected chi connectivity index (χ2v) is 6.68. The molecule has 0 saturated heterocycles. The van der Waals surface area contributed by atoms with Crippen LogP contribution in [0.3, 0.4) is 0 Å². The fourth-order valence-electron chi connectivity index (χ4n) is 2.81. The number of fused-ring (bicyclic) bond motifs is 1. The van der Waals surface area contributed by atoms with E-state index in [1.165, 1.54) is 23.7 Å². The van der Waals surface area contributed by atoms with Gasteiger partial charge in [0.25, 0.3) is 0 Å². The maximum atomic E-state index is 4.60. The van der Waals surface area contributed by atoms with Gasteiger partial charge in [0.15, 0.2) is 0 Å². The number of nitrogens with one attached hydrogen (secondary N) is 1. The third kappa shape index (κ3) is 2.52. The SMILES string of the molecule is CC(C)(C)NCC1CCC1n1ncc2ccccc21. The Labute approximate surface area is 115 Å². The van der Waals surface area contributed by atoms with E-state index in [2.05, 4.69) is 60.1 Å². The molecule has 0 amide bonds. The number of hydrogen-bond donors (Lipinski definition) is 1. The van der Waals surface area contributed by atoms with Gasteiger partial charge in [-0.3, -0.25) is 4.68 Å². The van der Waals surface area contributed by atoms with Gasteiger partial charge in [-0.05, 0) is 45.6 Å². The zero-order chi connectivity index (χ0) is 13.5. The van der Waals surface area contributed by atoms with Crippen molar-refractivity contribution < 1.29 is 0 Å². The Bertz CT molecular complexity index is 565. The first-order valence-electron chi connectivity index (χ1n) is 7.22. The molecular formula is C16H23N3. The molecule has 1 saturated carbocycles. The van der Waals surface area contributed by atoms with Crippen molar-refractivity contribution in [3.05, 3.63) is 30.5 Å². The van der Waals surface area contributed by atoms with E-state index in [1.807, 2.05) is 6.20 Å². The van der Waals surface area contributed by atoms with Crippen molar-refractivity contribution in [2.75, 3.05) is 6.54 Å². The van der Waals surface area contributed by atoms with E-state index in [-0.39, 0.29) is 5.54 Å². The molecule has 3 rings (SSSR count). The van der Waals surface area contributed by atoms with Crippen LogP contribution < -0.4 is 5.32 Å². The summed E-state index contributed by atoms with van der Waals surface area (Å²) in [6.45, 7) is 7.76. The van der Waals surface area contributed by atoms with Crippen molar-refractivity contribution in [1.29, 1.82) is 0 Å². The van der Waals surface area contributed by atoms with E-state index >= 15 is 0 Å². The molecule has 0 aliphatic heterocycles. The Hall–Kier alpha value is -1.35.